The van der Waals surface area contributed by atoms with Gasteiger partial charge in [0.1, 0.15) is 0 Å². The molecular formula is C10H23NO. The lowest BCUT2D eigenvalue weighted by Gasteiger charge is -2.26. The van der Waals surface area contributed by atoms with Crippen molar-refractivity contribution in [1.82, 2.24) is 0 Å². The van der Waals surface area contributed by atoms with Crippen molar-refractivity contribution < 1.29 is 4.74 Å². The minimum atomic E-state index is 0.194. The summed E-state index contributed by atoms with van der Waals surface area (Å²) in [4.78, 5) is 0. The largest absolute Gasteiger partial charge is 0.380 e. The van der Waals surface area contributed by atoms with E-state index in [1.807, 2.05) is 0 Å². The molecule has 0 aliphatic carbocycles. The molecule has 0 fully saturated rings. The monoisotopic (exact) mass is 173 g/mol. The van der Waals surface area contributed by atoms with Crippen LogP contribution >= 0.6 is 0 Å². The summed E-state index contributed by atoms with van der Waals surface area (Å²) in [6, 6.07) is 0.194. The molecule has 0 aromatic heterocycles. The maximum atomic E-state index is 6.04. The quantitative estimate of drug-likeness (QED) is 0.668. The summed E-state index contributed by atoms with van der Waals surface area (Å²) in [7, 11) is 1.74. The lowest BCUT2D eigenvalue weighted by molar-refractivity contribution is 0.0598. The van der Waals surface area contributed by atoms with Crippen LogP contribution in [0.4, 0.5) is 0 Å². The minimum Gasteiger partial charge on any atom is -0.380 e. The molecule has 74 valence electrons. The van der Waals surface area contributed by atoms with Gasteiger partial charge < -0.3 is 10.5 Å². The first-order valence-electron chi connectivity index (χ1n) is 4.95. The van der Waals surface area contributed by atoms with Gasteiger partial charge in [0, 0.05) is 13.2 Å². The molecule has 0 radical (unpaired) electrons. The van der Waals surface area contributed by atoms with Gasteiger partial charge in [-0.25, -0.2) is 0 Å². The molecule has 0 saturated heterocycles. The van der Waals surface area contributed by atoms with E-state index < -0.39 is 0 Å². The van der Waals surface area contributed by atoms with Crippen molar-refractivity contribution in [2.24, 2.45) is 11.7 Å². The molecule has 0 bridgehead atoms. The number of hydrogen-bond acceptors (Lipinski definition) is 2. The van der Waals surface area contributed by atoms with E-state index >= 15 is 0 Å². The molecule has 2 nitrogen and oxygen atoms in total. The zero-order chi connectivity index (χ0) is 9.56. The van der Waals surface area contributed by atoms with Gasteiger partial charge >= 0.3 is 0 Å². The zero-order valence-corrected chi connectivity index (χ0v) is 8.84. The Bertz CT molecular complexity index is 102. The van der Waals surface area contributed by atoms with Crippen molar-refractivity contribution >= 4 is 0 Å². The van der Waals surface area contributed by atoms with E-state index in [1.165, 1.54) is 12.8 Å². The summed E-state index contributed by atoms with van der Waals surface area (Å²) in [5.41, 5.74) is 6.04. The van der Waals surface area contributed by atoms with E-state index in [4.69, 9.17) is 10.5 Å². The molecular weight excluding hydrogens is 150 g/mol. The van der Waals surface area contributed by atoms with Gasteiger partial charge in [-0.15, -0.1) is 0 Å². The number of ether oxygens (including phenoxy) is 1. The first-order valence-corrected chi connectivity index (χ1v) is 4.95. The predicted molar refractivity (Wildman–Crippen MR) is 53.1 cm³/mol. The van der Waals surface area contributed by atoms with Crippen molar-refractivity contribution in [3.8, 4) is 0 Å². The van der Waals surface area contributed by atoms with Gasteiger partial charge in [-0.2, -0.15) is 0 Å². The Morgan fingerprint density at radius 2 is 1.92 bits per heavy atom. The Labute approximate surface area is 76.5 Å². The van der Waals surface area contributed by atoms with Gasteiger partial charge in [0.05, 0.1) is 6.10 Å². The minimum absolute atomic E-state index is 0.194. The second-order valence-electron chi connectivity index (χ2n) is 3.53. The van der Waals surface area contributed by atoms with Gasteiger partial charge in [0.15, 0.2) is 0 Å². The maximum Gasteiger partial charge on any atom is 0.0722 e. The lowest BCUT2D eigenvalue weighted by Crippen LogP contribution is -2.40. The second-order valence-corrected chi connectivity index (χ2v) is 3.53. The third kappa shape index (κ3) is 3.55. The molecule has 0 amide bonds. The molecule has 2 heteroatoms. The number of methoxy groups -OCH3 is 1. The summed E-state index contributed by atoms with van der Waals surface area (Å²) in [6.45, 7) is 6.51. The van der Waals surface area contributed by atoms with Crippen LogP contribution in [0.3, 0.4) is 0 Å². The van der Waals surface area contributed by atoms with Gasteiger partial charge in [-0.3, -0.25) is 0 Å². The number of rotatable bonds is 6. The van der Waals surface area contributed by atoms with E-state index in [9.17, 15) is 0 Å². The summed E-state index contributed by atoms with van der Waals surface area (Å²) in [5, 5.41) is 0. The molecule has 0 heterocycles. The van der Waals surface area contributed by atoms with E-state index in [0.29, 0.717) is 5.92 Å². The standard InChI is InChI=1S/C10H23NO/c1-5-7-8(3)10(11)9(6-2)12-4/h8-10H,5-7,11H2,1-4H3. The average Bonchev–Trinajstić information content (AvgIpc) is 2.07. The Morgan fingerprint density at radius 1 is 1.33 bits per heavy atom. The fourth-order valence-corrected chi connectivity index (χ4v) is 1.61. The first-order chi connectivity index (χ1) is 5.67. The van der Waals surface area contributed by atoms with Crippen LogP contribution in [0.1, 0.15) is 40.0 Å². The highest BCUT2D eigenvalue weighted by Gasteiger charge is 2.20. The Morgan fingerprint density at radius 3 is 2.25 bits per heavy atom. The van der Waals surface area contributed by atoms with Crippen molar-refractivity contribution in [2.45, 2.75) is 52.2 Å². The van der Waals surface area contributed by atoms with Crippen LogP contribution in [0.5, 0.6) is 0 Å². The van der Waals surface area contributed by atoms with E-state index in [0.717, 1.165) is 6.42 Å². The van der Waals surface area contributed by atoms with Gasteiger partial charge in [0.25, 0.3) is 0 Å². The summed E-state index contributed by atoms with van der Waals surface area (Å²) in [5.74, 6) is 0.569. The zero-order valence-electron chi connectivity index (χ0n) is 8.84. The Kier molecular flexibility index (Phi) is 6.39. The van der Waals surface area contributed by atoms with Crippen molar-refractivity contribution in [3.05, 3.63) is 0 Å². The Hall–Kier alpha value is -0.0800. The molecule has 0 spiro atoms. The summed E-state index contributed by atoms with van der Waals surface area (Å²) in [6.07, 6.45) is 3.63. The highest BCUT2D eigenvalue weighted by Crippen LogP contribution is 2.15. The van der Waals surface area contributed by atoms with Gasteiger partial charge in [-0.1, -0.05) is 27.2 Å². The van der Waals surface area contributed by atoms with Crippen molar-refractivity contribution in [3.63, 3.8) is 0 Å². The fourth-order valence-electron chi connectivity index (χ4n) is 1.61. The fraction of sp³-hybridized carbons (Fsp3) is 1.00. The van der Waals surface area contributed by atoms with E-state index in [1.54, 1.807) is 7.11 Å². The molecule has 0 aliphatic rings. The molecule has 12 heavy (non-hydrogen) atoms. The molecule has 0 aromatic rings. The molecule has 3 unspecified atom stereocenters. The van der Waals surface area contributed by atoms with Crippen molar-refractivity contribution in [2.75, 3.05) is 7.11 Å². The molecule has 0 aromatic carbocycles. The lowest BCUT2D eigenvalue weighted by atomic mass is 9.92. The van der Waals surface area contributed by atoms with E-state index in [-0.39, 0.29) is 12.1 Å². The van der Waals surface area contributed by atoms with Gasteiger partial charge in [0.2, 0.25) is 0 Å². The molecule has 2 N–H and O–H groups in total. The third-order valence-corrected chi connectivity index (χ3v) is 2.54. The second kappa shape index (κ2) is 6.44. The molecule has 3 atom stereocenters. The van der Waals surface area contributed by atoms with Crippen LogP contribution in [-0.2, 0) is 4.74 Å². The van der Waals surface area contributed by atoms with Crippen LogP contribution in [-0.4, -0.2) is 19.3 Å². The molecule has 0 rings (SSSR count). The van der Waals surface area contributed by atoms with Gasteiger partial charge in [-0.05, 0) is 18.8 Å². The maximum absolute atomic E-state index is 6.04. The molecule has 0 saturated carbocycles. The third-order valence-electron chi connectivity index (χ3n) is 2.54. The van der Waals surface area contributed by atoms with E-state index in [2.05, 4.69) is 20.8 Å². The van der Waals surface area contributed by atoms with Crippen LogP contribution < -0.4 is 5.73 Å². The first kappa shape index (κ1) is 11.9. The van der Waals surface area contributed by atoms with Crippen LogP contribution in [0.25, 0.3) is 0 Å². The smallest absolute Gasteiger partial charge is 0.0722 e. The predicted octanol–water partition coefficient (Wildman–Crippen LogP) is 2.17. The average molecular weight is 173 g/mol. The summed E-state index contributed by atoms with van der Waals surface area (Å²) >= 11 is 0. The number of nitrogens with two attached hydrogens (primary N) is 1. The van der Waals surface area contributed by atoms with Crippen LogP contribution in [0, 0.1) is 5.92 Å². The summed E-state index contributed by atoms with van der Waals surface area (Å²) < 4.78 is 5.30. The highest BCUT2D eigenvalue weighted by atomic mass is 16.5. The SMILES string of the molecule is CCCC(C)C(N)C(CC)OC. The van der Waals surface area contributed by atoms with Crippen LogP contribution in [0.15, 0.2) is 0 Å². The highest BCUT2D eigenvalue weighted by molar-refractivity contribution is 4.77. The van der Waals surface area contributed by atoms with Crippen LogP contribution in [0.2, 0.25) is 0 Å². The normalized spacial score (nSPS) is 18.8. The Balaban J connectivity index is 3.87. The topological polar surface area (TPSA) is 35.2 Å². The number of hydrogen-bond donors (Lipinski definition) is 1. The van der Waals surface area contributed by atoms with Crippen molar-refractivity contribution in [1.29, 1.82) is 0 Å². The molecule has 0 aliphatic heterocycles.